The fourth-order valence-corrected chi connectivity index (χ4v) is 4.32. The summed E-state index contributed by atoms with van der Waals surface area (Å²) >= 11 is 6.04. The Morgan fingerprint density at radius 2 is 1.79 bits per heavy atom. The smallest absolute Gasteiger partial charge is 0.227 e. The highest BCUT2D eigenvalue weighted by atomic mass is 127. The lowest BCUT2D eigenvalue weighted by molar-refractivity contribution is -0.131. The Morgan fingerprint density at radius 1 is 1.06 bits per heavy atom. The van der Waals surface area contributed by atoms with E-state index in [0.29, 0.717) is 24.5 Å². The molecular weight excluding hydrogens is 549 g/mol. The van der Waals surface area contributed by atoms with Crippen molar-refractivity contribution < 1.29 is 4.79 Å². The number of carbonyl (C=O) groups excluding carboxylic acids is 1. The molecule has 1 N–H and O–H groups in total. The van der Waals surface area contributed by atoms with Gasteiger partial charge in [-0.2, -0.15) is 0 Å². The number of aliphatic imine (C=N–C) groups is 1. The third kappa shape index (κ3) is 6.57. The van der Waals surface area contributed by atoms with Crippen molar-refractivity contribution in [1.82, 2.24) is 20.1 Å². The molecule has 1 aliphatic rings. The van der Waals surface area contributed by atoms with Gasteiger partial charge in [0.1, 0.15) is 0 Å². The molecule has 8 heteroatoms. The number of benzene rings is 2. The van der Waals surface area contributed by atoms with Crippen molar-refractivity contribution in [2.75, 3.05) is 39.8 Å². The van der Waals surface area contributed by atoms with Gasteiger partial charge in [-0.3, -0.25) is 14.8 Å². The Kier molecular flexibility index (Phi) is 9.31. The second kappa shape index (κ2) is 12.2. The maximum absolute atomic E-state index is 12.7. The van der Waals surface area contributed by atoms with Gasteiger partial charge < -0.3 is 15.1 Å². The first kappa shape index (κ1) is 25.2. The minimum atomic E-state index is 0. The highest BCUT2D eigenvalue weighted by Crippen LogP contribution is 2.16. The third-order valence-electron chi connectivity index (χ3n) is 5.78. The fourth-order valence-electron chi connectivity index (χ4n) is 4.11. The lowest BCUT2D eigenvalue weighted by Gasteiger charge is -2.36. The molecule has 1 aliphatic heterocycles. The summed E-state index contributed by atoms with van der Waals surface area (Å²) in [4.78, 5) is 25.8. The molecule has 0 bridgehead atoms. The zero-order valence-electron chi connectivity index (χ0n) is 18.7. The average Bonchev–Trinajstić information content (AvgIpc) is 2.82. The number of rotatable bonds is 5. The number of nitrogens with zero attached hydrogens (tertiary/aromatic N) is 4. The van der Waals surface area contributed by atoms with Crippen LogP contribution in [-0.2, 0) is 17.6 Å². The van der Waals surface area contributed by atoms with E-state index in [0.717, 1.165) is 48.5 Å². The number of amides is 1. The van der Waals surface area contributed by atoms with Gasteiger partial charge in [0.15, 0.2) is 5.96 Å². The first-order chi connectivity index (χ1) is 15.6. The van der Waals surface area contributed by atoms with Gasteiger partial charge >= 0.3 is 0 Å². The molecule has 0 unspecified atom stereocenters. The SMILES string of the molecule is CN=C(NCCc1cccc2cccnc12)N1CCN(C(=O)Cc2cccc(Cl)c2)CC1.I. The van der Waals surface area contributed by atoms with Crippen molar-refractivity contribution >= 4 is 58.3 Å². The first-order valence-corrected chi connectivity index (χ1v) is 11.3. The molecule has 6 nitrogen and oxygen atoms in total. The van der Waals surface area contributed by atoms with Crippen LogP contribution >= 0.6 is 35.6 Å². The predicted molar refractivity (Wildman–Crippen MR) is 146 cm³/mol. The molecule has 2 heterocycles. The number of halogens is 2. The minimum absolute atomic E-state index is 0. The molecule has 3 aromatic rings. The van der Waals surface area contributed by atoms with Gasteiger partial charge in [0, 0.05) is 56.4 Å². The van der Waals surface area contributed by atoms with E-state index < -0.39 is 0 Å². The number of piperazine rings is 1. The minimum Gasteiger partial charge on any atom is -0.356 e. The molecule has 4 rings (SSSR count). The predicted octanol–water partition coefficient (Wildman–Crippen LogP) is 4.01. The standard InChI is InChI=1S/C25H28ClN5O.HI/c1-27-25(29-12-10-21-7-3-6-20-8-4-11-28-24(20)21)31-15-13-30(14-16-31)23(32)18-19-5-2-9-22(26)17-19;/h2-9,11,17H,10,12-16,18H2,1H3,(H,27,29);1H. The fraction of sp³-hybridized carbons (Fsp3) is 0.320. The van der Waals surface area contributed by atoms with Gasteiger partial charge in [0.05, 0.1) is 11.9 Å². The second-order valence-corrected chi connectivity index (χ2v) is 8.33. The Bertz CT molecular complexity index is 1110. The van der Waals surface area contributed by atoms with Crippen molar-refractivity contribution in [3.8, 4) is 0 Å². The molecule has 0 radical (unpaired) electrons. The number of guanidine groups is 1. The van der Waals surface area contributed by atoms with Crippen LogP contribution in [0.1, 0.15) is 11.1 Å². The third-order valence-corrected chi connectivity index (χ3v) is 6.02. The number of fused-ring (bicyclic) bond motifs is 1. The van der Waals surface area contributed by atoms with Crippen LogP contribution in [0.3, 0.4) is 0 Å². The molecular formula is C25H29ClIN5O. The topological polar surface area (TPSA) is 60.8 Å². The monoisotopic (exact) mass is 577 g/mol. The van der Waals surface area contributed by atoms with E-state index in [9.17, 15) is 4.79 Å². The van der Waals surface area contributed by atoms with Crippen molar-refractivity contribution in [1.29, 1.82) is 0 Å². The quantitative estimate of drug-likeness (QED) is 0.283. The van der Waals surface area contributed by atoms with Gasteiger partial charge in [-0.05, 0) is 35.7 Å². The number of aromatic nitrogens is 1. The molecule has 1 amide bonds. The number of nitrogens with one attached hydrogen (secondary N) is 1. The summed E-state index contributed by atoms with van der Waals surface area (Å²) in [6.07, 6.45) is 3.09. The lowest BCUT2D eigenvalue weighted by atomic mass is 10.1. The van der Waals surface area contributed by atoms with Gasteiger partial charge in [-0.25, -0.2) is 0 Å². The Morgan fingerprint density at radius 3 is 2.55 bits per heavy atom. The Labute approximate surface area is 217 Å². The van der Waals surface area contributed by atoms with Gasteiger partial charge in [0.2, 0.25) is 5.91 Å². The summed E-state index contributed by atoms with van der Waals surface area (Å²) in [5.41, 5.74) is 3.23. The number of hydrogen-bond acceptors (Lipinski definition) is 3. The summed E-state index contributed by atoms with van der Waals surface area (Å²) in [5, 5.41) is 5.29. The zero-order chi connectivity index (χ0) is 22.3. The maximum atomic E-state index is 12.7. The van der Waals surface area contributed by atoms with Crippen molar-refractivity contribution in [2.45, 2.75) is 12.8 Å². The van der Waals surface area contributed by atoms with Crippen LogP contribution < -0.4 is 5.32 Å². The number of para-hydroxylation sites is 1. The average molecular weight is 578 g/mol. The largest absolute Gasteiger partial charge is 0.356 e. The molecule has 0 aliphatic carbocycles. The van der Waals surface area contributed by atoms with E-state index in [1.54, 1.807) is 7.05 Å². The Hall–Kier alpha value is -2.39. The zero-order valence-corrected chi connectivity index (χ0v) is 21.8. The van der Waals surface area contributed by atoms with Crippen LogP contribution in [0.4, 0.5) is 0 Å². The van der Waals surface area contributed by atoms with E-state index in [2.05, 4.69) is 44.5 Å². The van der Waals surface area contributed by atoms with E-state index >= 15 is 0 Å². The molecule has 0 spiro atoms. The number of hydrogen-bond donors (Lipinski definition) is 1. The first-order valence-electron chi connectivity index (χ1n) is 10.9. The van der Waals surface area contributed by atoms with E-state index in [1.165, 1.54) is 5.56 Å². The summed E-state index contributed by atoms with van der Waals surface area (Å²) in [7, 11) is 1.80. The van der Waals surface area contributed by atoms with E-state index in [1.807, 2.05) is 41.4 Å². The highest BCUT2D eigenvalue weighted by molar-refractivity contribution is 14.0. The van der Waals surface area contributed by atoms with Crippen LogP contribution in [0.15, 0.2) is 65.8 Å². The number of pyridine rings is 1. The van der Waals surface area contributed by atoms with Gasteiger partial charge in [-0.15, -0.1) is 24.0 Å². The molecule has 2 aromatic carbocycles. The molecule has 33 heavy (non-hydrogen) atoms. The van der Waals surface area contributed by atoms with Gasteiger partial charge in [-0.1, -0.05) is 48.0 Å². The summed E-state index contributed by atoms with van der Waals surface area (Å²) < 4.78 is 0. The van der Waals surface area contributed by atoms with Crippen LogP contribution in [0, 0.1) is 0 Å². The molecule has 174 valence electrons. The Balaban J connectivity index is 0.00000306. The maximum Gasteiger partial charge on any atom is 0.227 e. The molecule has 1 saturated heterocycles. The van der Waals surface area contributed by atoms with Crippen molar-refractivity contribution in [2.24, 2.45) is 4.99 Å². The van der Waals surface area contributed by atoms with Crippen LogP contribution in [0.2, 0.25) is 5.02 Å². The molecule has 0 atom stereocenters. The lowest BCUT2D eigenvalue weighted by Crippen LogP contribution is -2.54. The molecule has 1 aromatic heterocycles. The van der Waals surface area contributed by atoms with Crippen molar-refractivity contribution in [3.63, 3.8) is 0 Å². The van der Waals surface area contributed by atoms with Crippen LogP contribution in [0.25, 0.3) is 10.9 Å². The summed E-state index contributed by atoms with van der Waals surface area (Å²) in [5.74, 6) is 1.01. The van der Waals surface area contributed by atoms with E-state index in [-0.39, 0.29) is 29.9 Å². The van der Waals surface area contributed by atoms with Crippen molar-refractivity contribution in [3.05, 3.63) is 76.9 Å². The van der Waals surface area contributed by atoms with Crippen LogP contribution in [-0.4, -0.2) is 66.4 Å². The number of carbonyl (C=O) groups is 1. The molecule has 0 saturated carbocycles. The van der Waals surface area contributed by atoms with E-state index in [4.69, 9.17) is 11.6 Å². The summed E-state index contributed by atoms with van der Waals surface area (Å²) in [6, 6.07) is 17.8. The van der Waals surface area contributed by atoms with Crippen LogP contribution in [0.5, 0.6) is 0 Å². The highest BCUT2D eigenvalue weighted by Gasteiger charge is 2.23. The van der Waals surface area contributed by atoms with Gasteiger partial charge in [0.25, 0.3) is 0 Å². The molecule has 1 fully saturated rings. The second-order valence-electron chi connectivity index (χ2n) is 7.89. The normalized spacial score (nSPS) is 14.2. The summed E-state index contributed by atoms with van der Waals surface area (Å²) in [6.45, 7) is 3.67.